The molecule has 0 atom stereocenters. The fraction of sp³-hybridized carbons (Fsp3) is 0. The predicted octanol–water partition coefficient (Wildman–Crippen LogP) is 2.20. The zero-order chi connectivity index (χ0) is 10.3. The fourth-order valence-electron chi connectivity index (χ4n) is 1.59. The number of hydrogen-bond donors (Lipinski definition) is 0. The summed E-state index contributed by atoms with van der Waals surface area (Å²) in [5.74, 6) is 0. The third-order valence-corrected chi connectivity index (χ3v) is 3.33. The molecule has 0 N–H and O–H groups in total. The highest BCUT2D eigenvalue weighted by Gasteiger charge is 2.07. The second-order valence-corrected chi connectivity index (χ2v) is 4.18. The van der Waals surface area contributed by atoms with Gasteiger partial charge in [-0.2, -0.15) is 4.98 Å². The Morgan fingerprint density at radius 2 is 1.93 bits per heavy atom. The first-order valence-electron chi connectivity index (χ1n) is 4.49. The topological polar surface area (TPSA) is 42.9 Å². The van der Waals surface area contributed by atoms with Gasteiger partial charge in [0.2, 0.25) is 0 Å². The minimum Gasteiger partial charge on any atom is -0.267 e. The van der Waals surface area contributed by atoms with Crippen molar-refractivity contribution in [1.29, 1.82) is 0 Å². The summed E-state index contributed by atoms with van der Waals surface area (Å²) in [7, 11) is 0. The van der Waals surface area contributed by atoms with Crippen LogP contribution in [0.5, 0.6) is 0 Å². The number of thiophene rings is 1. The number of hydrogen-bond acceptors (Lipinski definition) is 4. The number of rotatable bonds is 0. The molecule has 15 heavy (non-hydrogen) atoms. The SMILES string of the molecule is O=c1ncnc2sc3cccccc3c12. The lowest BCUT2D eigenvalue weighted by Crippen LogP contribution is -2.04. The largest absolute Gasteiger partial charge is 0.282 e. The summed E-state index contributed by atoms with van der Waals surface area (Å²) in [4.78, 5) is 20.2. The Morgan fingerprint density at radius 1 is 1.07 bits per heavy atom. The highest BCUT2D eigenvalue weighted by Crippen LogP contribution is 2.28. The summed E-state index contributed by atoms with van der Waals surface area (Å²) < 4.78 is 1.06. The van der Waals surface area contributed by atoms with E-state index in [9.17, 15) is 4.79 Å². The van der Waals surface area contributed by atoms with Gasteiger partial charge in [-0.3, -0.25) is 4.79 Å². The molecule has 0 saturated heterocycles. The van der Waals surface area contributed by atoms with E-state index in [1.54, 1.807) is 0 Å². The minimum absolute atomic E-state index is 0.197. The van der Waals surface area contributed by atoms with Gasteiger partial charge in [0.05, 0.1) is 5.39 Å². The van der Waals surface area contributed by atoms with E-state index in [0.29, 0.717) is 5.39 Å². The summed E-state index contributed by atoms with van der Waals surface area (Å²) in [6.07, 6.45) is 1.32. The van der Waals surface area contributed by atoms with Gasteiger partial charge in [0.25, 0.3) is 5.56 Å². The molecular formula is C11H6N2OS. The summed E-state index contributed by atoms with van der Waals surface area (Å²) in [5.41, 5.74) is -0.197. The van der Waals surface area contributed by atoms with Crippen molar-refractivity contribution in [2.45, 2.75) is 0 Å². The Labute approximate surface area is 89.0 Å². The van der Waals surface area contributed by atoms with Crippen LogP contribution in [0.3, 0.4) is 0 Å². The first-order chi connectivity index (χ1) is 7.36. The van der Waals surface area contributed by atoms with Crippen molar-refractivity contribution in [3.63, 3.8) is 0 Å². The average Bonchev–Trinajstić information content (AvgIpc) is 2.43. The van der Waals surface area contributed by atoms with Gasteiger partial charge in [0, 0.05) is 10.1 Å². The molecule has 0 fully saturated rings. The van der Waals surface area contributed by atoms with E-state index < -0.39 is 0 Å². The Kier molecular flexibility index (Phi) is 1.76. The molecule has 3 aromatic rings. The molecule has 0 spiro atoms. The van der Waals surface area contributed by atoms with Gasteiger partial charge >= 0.3 is 0 Å². The van der Waals surface area contributed by atoms with E-state index >= 15 is 0 Å². The Bertz CT molecular complexity index is 705. The van der Waals surface area contributed by atoms with E-state index in [1.807, 2.05) is 30.3 Å². The second-order valence-electron chi connectivity index (χ2n) is 3.15. The van der Waals surface area contributed by atoms with Crippen LogP contribution in [0.25, 0.3) is 20.3 Å². The van der Waals surface area contributed by atoms with Crippen molar-refractivity contribution in [3.05, 3.63) is 47.0 Å². The smallest absolute Gasteiger partial charge is 0.267 e. The molecule has 0 saturated carbocycles. The minimum atomic E-state index is -0.197. The maximum atomic E-state index is 11.6. The van der Waals surface area contributed by atoms with Crippen molar-refractivity contribution in [2.75, 3.05) is 0 Å². The third-order valence-electron chi connectivity index (χ3n) is 2.25. The monoisotopic (exact) mass is 214 g/mol. The van der Waals surface area contributed by atoms with Gasteiger partial charge in [-0.1, -0.05) is 24.3 Å². The normalized spacial score (nSPS) is 10.9. The lowest BCUT2D eigenvalue weighted by molar-refractivity contribution is 1.18. The quantitative estimate of drug-likeness (QED) is 0.576. The lowest BCUT2D eigenvalue weighted by atomic mass is 10.2. The summed E-state index contributed by atoms with van der Waals surface area (Å²) in [5, 5.41) is 1.57. The van der Waals surface area contributed by atoms with Crippen molar-refractivity contribution in [1.82, 2.24) is 9.97 Å². The highest BCUT2D eigenvalue weighted by molar-refractivity contribution is 7.25. The van der Waals surface area contributed by atoms with Crippen molar-refractivity contribution in [2.24, 2.45) is 0 Å². The van der Waals surface area contributed by atoms with Crippen LogP contribution in [0.15, 0.2) is 41.5 Å². The van der Waals surface area contributed by atoms with Gasteiger partial charge in [-0.15, -0.1) is 11.3 Å². The molecule has 0 bridgehead atoms. The molecular weight excluding hydrogens is 208 g/mol. The van der Waals surface area contributed by atoms with Crippen LogP contribution >= 0.6 is 11.3 Å². The Morgan fingerprint density at radius 3 is 2.87 bits per heavy atom. The Balaban J connectivity index is 2.70. The molecule has 0 aliphatic rings. The van der Waals surface area contributed by atoms with E-state index in [-0.39, 0.29) is 5.56 Å². The number of aromatic nitrogens is 2. The maximum absolute atomic E-state index is 11.6. The number of fused-ring (bicyclic) bond motifs is 3. The summed E-state index contributed by atoms with van der Waals surface area (Å²) in [6.45, 7) is 0. The molecule has 2 heterocycles. The molecule has 0 radical (unpaired) electrons. The fourth-order valence-corrected chi connectivity index (χ4v) is 2.63. The van der Waals surface area contributed by atoms with E-state index in [0.717, 1.165) is 14.9 Å². The van der Waals surface area contributed by atoms with Crippen molar-refractivity contribution < 1.29 is 0 Å². The first-order valence-corrected chi connectivity index (χ1v) is 5.30. The zero-order valence-electron chi connectivity index (χ0n) is 7.68. The zero-order valence-corrected chi connectivity index (χ0v) is 8.49. The first kappa shape index (κ1) is 8.49. The van der Waals surface area contributed by atoms with Crippen LogP contribution in [0.1, 0.15) is 0 Å². The third kappa shape index (κ3) is 1.22. The molecule has 3 nitrogen and oxygen atoms in total. The summed E-state index contributed by atoms with van der Waals surface area (Å²) >= 11 is 1.52. The lowest BCUT2D eigenvalue weighted by Gasteiger charge is -1.83. The molecule has 3 rings (SSSR count). The molecule has 2 aromatic heterocycles. The van der Waals surface area contributed by atoms with E-state index in [1.165, 1.54) is 17.7 Å². The summed E-state index contributed by atoms with van der Waals surface area (Å²) in [6, 6.07) is 9.73. The number of nitrogens with zero attached hydrogens (tertiary/aromatic N) is 2. The highest BCUT2D eigenvalue weighted by atomic mass is 32.1. The molecule has 0 aliphatic carbocycles. The molecule has 0 amide bonds. The molecule has 0 unspecified atom stereocenters. The van der Waals surface area contributed by atoms with Crippen LogP contribution in [0.4, 0.5) is 0 Å². The van der Waals surface area contributed by atoms with Crippen molar-refractivity contribution in [3.8, 4) is 0 Å². The van der Waals surface area contributed by atoms with Crippen LogP contribution < -0.4 is 5.56 Å². The van der Waals surface area contributed by atoms with Gasteiger partial charge in [-0.05, 0) is 6.07 Å². The van der Waals surface area contributed by atoms with Gasteiger partial charge in [0.1, 0.15) is 11.2 Å². The maximum Gasteiger partial charge on any atom is 0.282 e. The van der Waals surface area contributed by atoms with Crippen molar-refractivity contribution >= 4 is 31.6 Å². The molecule has 0 aliphatic heterocycles. The average molecular weight is 214 g/mol. The van der Waals surface area contributed by atoms with Crippen LogP contribution in [-0.2, 0) is 0 Å². The molecule has 4 heteroatoms. The Hall–Kier alpha value is -1.81. The predicted molar refractivity (Wildman–Crippen MR) is 61.2 cm³/mol. The van der Waals surface area contributed by atoms with Crippen LogP contribution in [0.2, 0.25) is 0 Å². The second kappa shape index (κ2) is 3.10. The molecule has 1 aromatic carbocycles. The molecule has 72 valence electrons. The van der Waals surface area contributed by atoms with Gasteiger partial charge in [-0.25, -0.2) is 4.98 Å². The van der Waals surface area contributed by atoms with Crippen LogP contribution in [0, 0.1) is 0 Å². The standard InChI is InChI=1S/C11H6N2OS/c14-10-9-7-4-2-1-3-5-8(7)15-11(9)13-6-12-10/h1-6H. The van der Waals surface area contributed by atoms with Crippen LogP contribution in [-0.4, -0.2) is 9.97 Å². The van der Waals surface area contributed by atoms with E-state index in [4.69, 9.17) is 0 Å². The van der Waals surface area contributed by atoms with Gasteiger partial charge < -0.3 is 0 Å². The van der Waals surface area contributed by atoms with Gasteiger partial charge in [0.15, 0.2) is 0 Å². The van der Waals surface area contributed by atoms with E-state index in [2.05, 4.69) is 9.97 Å².